The maximum atomic E-state index is 12.1. The van der Waals surface area contributed by atoms with Gasteiger partial charge in [-0.25, -0.2) is 0 Å². The molecular formula is C21H25NO4. The average molecular weight is 355 g/mol. The summed E-state index contributed by atoms with van der Waals surface area (Å²) < 4.78 is 10.2. The van der Waals surface area contributed by atoms with Gasteiger partial charge in [0.05, 0.1) is 13.5 Å². The van der Waals surface area contributed by atoms with Gasteiger partial charge in [-0.1, -0.05) is 43.3 Å². The molecule has 5 heteroatoms. The predicted octanol–water partition coefficient (Wildman–Crippen LogP) is 3.00. The number of amides is 1. The second-order valence-corrected chi connectivity index (χ2v) is 6.11. The Hall–Kier alpha value is -2.82. The standard InChI is InChI=1S/C21H25NO4/c1-4-16-5-7-18(8-6-16)14-22(2)20(23)15-26-21(24)13-17-9-11-19(25-3)12-10-17/h5-12H,4,13-15H2,1-3H3. The molecule has 0 unspecified atom stereocenters. The van der Waals surface area contributed by atoms with Crippen molar-refractivity contribution in [3.05, 3.63) is 65.2 Å². The first-order valence-electron chi connectivity index (χ1n) is 8.62. The van der Waals surface area contributed by atoms with Gasteiger partial charge in [-0.05, 0) is 35.2 Å². The van der Waals surface area contributed by atoms with Gasteiger partial charge in [0.2, 0.25) is 0 Å². The Morgan fingerprint density at radius 2 is 1.50 bits per heavy atom. The largest absolute Gasteiger partial charge is 0.497 e. The summed E-state index contributed by atoms with van der Waals surface area (Å²) in [7, 11) is 3.29. The summed E-state index contributed by atoms with van der Waals surface area (Å²) in [6.07, 6.45) is 1.11. The van der Waals surface area contributed by atoms with Crippen LogP contribution < -0.4 is 4.74 Å². The van der Waals surface area contributed by atoms with Gasteiger partial charge in [-0.15, -0.1) is 0 Å². The van der Waals surface area contributed by atoms with Crippen molar-refractivity contribution in [3.8, 4) is 5.75 Å². The third-order valence-electron chi connectivity index (χ3n) is 4.14. The summed E-state index contributed by atoms with van der Waals surface area (Å²) in [4.78, 5) is 25.6. The number of ether oxygens (including phenoxy) is 2. The van der Waals surface area contributed by atoms with Crippen molar-refractivity contribution in [2.45, 2.75) is 26.3 Å². The normalized spacial score (nSPS) is 10.3. The number of rotatable bonds is 8. The van der Waals surface area contributed by atoms with Gasteiger partial charge in [0.15, 0.2) is 6.61 Å². The molecule has 2 aromatic rings. The number of methoxy groups -OCH3 is 1. The summed E-state index contributed by atoms with van der Waals surface area (Å²) >= 11 is 0. The Labute approximate surface area is 154 Å². The summed E-state index contributed by atoms with van der Waals surface area (Å²) in [6.45, 7) is 2.34. The number of likely N-dealkylation sites (N-methyl/N-ethyl adjacent to an activating group) is 1. The number of carbonyl (C=O) groups excluding carboxylic acids is 2. The lowest BCUT2D eigenvalue weighted by molar-refractivity contribution is -0.151. The highest BCUT2D eigenvalue weighted by Gasteiger charge is 2.13. The van der Waals surface area contributed by atoms with E-state index in [-0.39, 0.29) is 18.9 Å². The third kappa shape index (κ3) is 5.92. The highest BCUT2D eigenvalue weighted by molar-refractivity contribution is 5.81. The quantitative estimate of drug-likeness (QED) is 0.683. The summed E-state index contributed by atoms with van der Waals surface area (Å²) in [6, 6.07) is 15.3. The SMILES string of the molecule is CCc1ccc(CN(C)C(=O)COC(=O)Cc2ccc(OC)cc2)cc1. The molecule has 0 N–H and O–H groups in total. The lowest BCUT2D eigenvalue weighted by Gasteiger charge is -2.17. The lowest BCUT2D eigenvalue weighted by atomic mass is 10.1. The maximum Gasteiger partial charge on any atom is 0.310 e. The van der Waals surface area contributed by atoms with E-state index in [1.807, 2.05) is 12.1 Å². The number of nitrogens with zero attached hydrogens (tertiary/aromatic N) is 1. The summed E-state index contributed by atoms with van der Waals surface area (Å²) in [5.41, 5.74) is 3.12. The fraction of sp³-hybridized carbons (Fsp3) is 0.333. The zero-order valence-electron chi connectivity index (χ0n) is 15.5. The second kappa shape index (κ2) is 9.61. The van der Waals surface area contributed by atoms with Crippen LogP contribution in [-0.2, 0) is 33.7 Å². The highest BCUT2D eigenvalue weighted by Crippen LogP contribution is 2.12. The number of esters is 1. The Bertz CT molecular complexity index is 723. The molecule has 0 aliphatic rings. The van der Waals surface area contributed by atoms with E-state index in [9.17, 15) is 9.59 Å². The van der Waals surface area contributed by atoms with E-state index >= 15 is 0 Å². The molecule has 5 nitrogen and oxygen atoms in total. The van der Waals surface area contributed by atoms with E-state index in [1.54, 1.807) is 43.3 Å². The molecule has 2 rings (SSSR count). The minimum atomic E-state index is -0.427. The van der Waals surface area contributed by atoms with Crippen molar-refractivity contribution >= 4 is 11.9 Å². The fourth-order valence-electron chi connectivity index (χ4n) is 2.46. The number of hydrogen-bond donors (Lipinski definition) is 0. The van der Waals surface area contributed by atoms with Crippen LogP contribution in [0, 0.1) is 0 Å². The summed E-state index contributed by atoms with van der Waals surface area (Å²) in [5.74, 6) is 0.0720. The van der Waals surface area contributed by atoms with E-state index in [4.69, 9.17) is 9.47 Å². The number of carbonyl (C=O) groups is 2. The minimum Gasteiger partial charge on any atom is -0.497 e. The molecule has 0 fully saturated rings. The van der Waals surface area contributed by atoms with Crippen molar-refractivity contribution in [3.63, 3.8) is 0 Å². The van der Waals surface area contributed by atoms with Crippen LogP contribution in [0.4, 0.5) is 0 Å². The zero-order valence-corrected chi connectivity index (χ0v) is 15.5. The molecule has 1 amide bonds. The smallest absolute Gasteiger partial charge is 0.310 e. The molecule has 0 aliphatic carbocycles. The van der Waals surface area contributed by atoms with Crippen molar-refractivity contribution in [2.75, 3.05) is 20.8 Å². The van der Waals surface area contributed by atoms with Gasteiger partial charge < -0.3 is 14.4 Å². The first-order chi connectivity index (χ1) is 12.5. The molecule has 0 aliphatic heterocycles. The summed E-state index contributed by atoms with van der Waals surface area (Å²) in [5, 5.41) is 0. The molecule has 0 saturated heterocycles. The van der Waals surface area contributed by atoms with E-state index in [2.05, 4.69) is 19.1 Å². The van der Waals surface area contributed by atoms with E-state index < -0.39 is 5.97 Å². The fourth-order valence-corrected chi connectivity index (χ4v) is 2.46. The van der Waals surface area contributed by atoms with Crippen LogP contribution in [0.5, 0.6) is 5.75 Å². The molecular weight excluding hydrogens is 330 g/mol. The van der Waals surface area contributed by atoms with Gasteiger partial charge in [-0.3, -0.25) is 9.59 Å². The molecule has 0 radical (unpaired) electrons. The van der Waals surface area contributed by atoms with Crippen LogP contribution in [0.3, 0.4) is 0 Å². The van der Waals surface area contributed by atoms with Crippen LogP contribution >= 0.6 is 0 Å². The monoisotopic (exact) mass is 355 g/mol. The maximum absolute atomic E-state index is 12.1. The van der Waals surface area contributed by atoms with Crippen LogP contribution in [0.15, 0.2) is 48.5 Å². The van der Waals surface area contributed by atoms with Crippen LogP contribution in [0.25, 0.3) is 0 Å². The Balaban J connectivity index is 1.77. The number of benzene rings is 2. The highest BCUT2D eigenvalue weighted by atomic mass is 16.5. The molecule has 0 heterocycles. The molecule has 0 atom stereocenters. The van der Waals surface area contributed by atoms with Gasteiger partial charge in [0, 0.05) is 13.6 Å². The van der Waals surface area contributed by atoms with Crippen molar-refractivity contribution in [1.82, 2.24) is 4.90 Å². The first-order valence-corrected chi connectivity index (χ1v) is 8.62. The van der Waals surface area contributed by atoms with Crippen molar-refractivity contribution in [1.29, 1.82) is 0 Å². The average Bonchev–Trinajstić information content (AvgIpc) is 2.67. The van der Waals surface area contributed by atoms with Gasteiger partial charge in [0.25, 0.3) is 5.91 Å². The van der Waals surface area contributed by atoms with Crippen molar-refractivity contribution < 1.29 is 19.1 Å². The number of hydrogen-bond acceptors (Lipinski definition) is 4. The molecule has 0 aromatic heterocycles. The van der Waals surface area contributed by atoms with Crippen LogP contribution in [0.2, 0.25) is 0 Å². The first kappa shape index (κ1) is 19.5. The van der Waals surface area contributed by atoms with Gasteiger partial charge >= 0.3 is 5.97 Å². The predicted molar refractivity (Wildman–Crippen MR) is 100.0 cm³/mol. The van der Waals surface area contributed by atoms with E-state index in [1.165, 1.54) is 5.56 Å². The van der Waals surface area contributed by atoms with Crippen LogP contribution in [0.1, 0.15) is 23.6 Å². The second-order valence-electron chi connectivity index (χ2n) is 6.11. The van der Waals surface area contributed by atoms with Crippen molar-refractivity contribution in [2.24, 2.45) is 0 Å². The van der Waals surface area contributed by atoms with E-state index in [0.717, 1.165) is 23.3 Å². The molecule has 26 heavy (non-hydrogen) atoms. The topological polar surface area (TPSA) is 55.8 Å². The minimum absolute atomic E-state index is 0.124. The number of aryl methyl sites for hydroxylation is 1. The Morgan fingerprint density at radius 3 is 2.08 bits per heavy atom. The molecule has 0 bridgehead atoms. The Morgan fingerprint density at radius 1 is 0.923 bits per heavy atom. The van der Waals surface area contributed by atoms with E-state index in [0.29, 0.717) is 6.54 Å². The lowest BCUT2D eigenvalue weighted by Crippen LogP contribution is -2.31. The molecule has 138 valence electrons. The van der Waals surface area contributed by atoms with Gasteiger partial charge in [-0.2, -0.15) is 0 Å². The van der Waals surface area contributed by atoms with Gasteiger partial charge in [0.1, 0.15) is 5.75 Å². The Kier molecular flexibility index (Phi) is 7.21. The molecule has 0 spiro atoms. The molecule has 0 saturated carbocycles. The molecule has 2 aromatic carbocycles. The van der Waals surface area contributed by atoms with Crippen LogP contribution in [-0.4, -0.2) is 37.5 Å². The third-order valence-corrected chi connectivity index (χ3v) is 4.14. The zero-order chi connectivity index (χ0) is 18.9.